The van der Waals surface area contributed by atoms with E-state index in [4.69, 9.17) is 32.1 Å². The van der Waals surface area contributed by atoms with E-state index in [0.29, 0.717) is 27.1 Å². The molecular weight excluding hydrogens is 373 g/mol. The van der Waals surface area contributed by atoms with Crippen LogP contribution in [-0.2, 0) is 8.98 Å². The van der Waals surface area contributed by atoms with Crippen LogP contribution in [0.15, 0.2) is 30.5 Å². The van der Waals surface area contributed by atoms with E-state index in [9.17, 15) is 9.90 Å². The van der Waals surface area contributed by atoms with Crippen LogP contribution in [0.4, 0.5) is 0 Å². The van der Waals surface area contributed by atoms with Crippen molar-refractivity contribution in [2.45, 2.75) is 20.0 Å². The normalized spacial score (nSPS) is 11.8. The second kappa shape index (κ2) is 8.46. The van der Waals surface area contributed by atoms with Gasteiger partial charge in [0, 0.05) is 17.5 Å². The van der Waals surface area contributed by atoms with Crippen molar-refractivity contribution in [3.63, 3.8) is 0 Å². The van der Waals surface area contributed by atoms with Crippen molar-refractivity contribution in [3.05, 3.63) is 40.5 Å². The zero-order valence-corrected chi connectivity index (χ0v) is 15.3. The third kappa shape index (κ3) is 4.69. The van der Waals surface area contributed by atoms with Crippen LogP contribution in [0.2, 0.25) is 10.0 Å². The second-order valence-corrected chi connectivity index (χ2v) is 6.56. The fourth-order valence-electron chi connectivity index (χ4n) is 1.81. The first-order valence-electron chi connectivity index (χ1n) is 7.06. The number of halogens is 2. The number of carbonyl (C=O) groups is 1. The minimum Gasteiger partial charge on any atom is -0.504 e. The number of rotatable bonds is 6. The largest absolute Gasteiger partial charge is 0.504 e. The van der Waals surface area contributed by atoms with Crippen LogP contribution in [0, 0.1) is 0 Å². The van der Waals surface area contributed by atoms with Crippen LogP contribution in [0.1, 0.15) is 13.8 Å². The molecule has 2 rings (SSSR count). The molecule has 1 atom stereocenters. The smallest absolute Gasteiger partial charge is 0.359 e. The van der Waals surface area contributed by atoms with E-state index >= 15 is 0 Å². The molecule has 1 aromatic heterocycles. The minimum atomic E-state index is -0.849. The Balaban J connectivity index is 2.16. The third-order valence-corrected chi connectivity index (χ3v) is 3.95. The predicted octanol–water partition coefficient (Wildman–Crippen LogP) is 4.74. The number of hydrogen-bond acceptors (Lipinski definition) is 6. The topological polar surface area (TPSA) is 68.7 Å². The highest BCUT2D eigenvalue weighted by atomic mass is 35.5. The molecule has 1 N–H and O–H groups in total. The van der Waals surface area contributed by atoms with E-state index in [2.05, 4.69) is 4.98 Å². The summed E-state index contributed by atoms with van der Waals surface area (Å²) in [6, 6.07) is 6.23. The molecule has 0 aliphatic heterocycles. The predicted molar refractivity (Wildman–Crippen MR) is 95.7 cm³/mol. The highest BCUT2D eigenvalue weighted by molar-refractivity contribution is 7.95. The molecule has 0 bridgehead atoms. The van der Waals surface area contributed by atoms with Gasteiger partial charge in [0.15, 0.2) is 17.6 Å². The molecule has 8 heteroatoms. The Morgan fingerprint density at radius 2 is 2.12 bits per heavy atom. The average Bonchev–Trinajstić information content (AvgIpc) is 2.54. The van der Waals surface area contributed by atoms with Gasteiger partial charge < -0.3 is 14.0 Å². The van der Waals surface area contributed by atoms with Gasteiger partial charge in [-0.2, -0.15) is 0 Å². The van der Waals surface area contributed by atoms with Crippen molar-refractivity contribution >= 4 is 41.2 Å². The molecule has 0 fully saturated rings. The van der Waals surface area contributed by atoms with Crippen molar-refractivity contribution in [2.24, 2.45) is 0 Å². The van der Waals surface area contributed by atoms with Gasteiger partial charge in [0.05, 0.1) is 27.8 Å². The molecule has 0 saturated heterocycles. The Hall–Kier alpha value is -1.63. The summed E-state index contributed by atoms with van der Waals surface area (Å²) in [6.45, 7) is 3.41. The minimum absolute atomic E-state index is 0.136. The maximum absolute atomic E-state index is 11.7. The quantitative estimate of drug-likeness (QED) is 0.721. The molecule has 0 radical (unpaired) electrons. The van der Waals surface area contributed by atoms with Crippen molar-refractivity contribution in [1.29, 1.82) is 0 Å². The van der Waals surface area contributed by atoms with Crippen LogP contribution < -0.4 is 4.74 Å². The molecule has 0 saturated carbocycles. The summed E-state index contributed by atoms with van der Waals surface area (Å²) in [5, 5.41) is 10.9. The number of carbonyl (C=O) groups excluding carboxylic acids is 1. The van der Waals surface area contributed by atoms with Gasteiger partial charge >= 0.3 is 5.97 Å². The zero-order chi connectivity index (χ0) is 17.7. The standard InChI is InChI=1S/C16H15Cl2NO4S/c1-3-24-23-16(21)9(2)22-14-5-4-10(6-13(14)20)15-12(18)7-11(17)8-19-15/h4-9,20H,3H2,1-2H3. The molecule has 5 nitrogen and oxygen atoms in total. The Morgan fingerprint density at radius 3 is 2.75 bits per heavy atom. The summed E-state index contributed by atoms with van der Waals surface area (Å²) in [7, 11) is 0. The second-order valence-electron chi connectivity index (χ2n) is 4.74. The van der Waals surface area contributed by atoms with E-state index in [0.717, 1.165) is 12.0 Å². The van der Waals surface area contributed by atoms with Crippen molar-refractivity contribution in [3.8, 4) is 22.8 Å². The lowest BCUT2D eigenvalue weighted by Gasteiger charge is -2.14. The summed E-state index contributed by atoms with van der Waals surface area (Å²) in [5.41, 5.74) is 1.08. The van der Waals surface area contributed by atoms with Gasteiger partial charge in [-0.05, 0) is 31.2 Å². The number of aromatic nitrogens is 1. The summed E-state index contributed by atoms with van der Waals surface area (Å²) in [4.78, 5) is 15.8. The molecular formula is C16H15Cl2NO4S. The Morgan fingerprint density at radius 1 is 1.38 bits per heavy atom. The van der Waals surface area contributed by atoms with Crippen LogP contribution >= 0.6 is 35.2 Å². The van der Waals surface area contributed by atoms with E-state index in [1.165, 1.54) is 18.3 Å². The number of aromatic hydroxyl groups is 1. The van der Waals surface area contributed by atoms with Gasteiger partial charge in [-0.25, -0.2) is 4.79 Å². The van der Waals surface area contributed by atoms with Crippen molar-refractivity contribution in [1.82, 2.24) is 4.98 Å². The monoisotopic (exact) mass is 387 g/mol. The first-order valence-corrected chi connectivity index (χ1v) is 8.73. The fourth-order valence-corrected chi connectivity index (χ4v) is 2.67. The Kier molecular flexibility index (Phi) is 6.60. The van der Waals surface area contributed by atoms with Gasteiger partial charge in [-0.1, -0.05) is 30.1 Å². The first-order chi connectivity index (χ1) is 11.4. The lowest BCUT2D eigenvalue weighted by molar-refractivity contribution is -0.140. The Labute approximate surface area is 154 Å². The number of phenols is 1. The van der Waals surface area contributed by atoms with Gasteiger partial charge in [0.2, 0.25) is 0 Å². The molecule has 1 heterocycles. The molecule has 24 heavy (non-hydrogen) atoms. The van der Waals surface area contributed by atoms with Crippen LogP contribution in [0.5, 0.6) is 11.5 Å². The molecule has 128 valence electrons. The van der Waals surface area contributed by atoms with Gasteiger partial charge in [-0.15, -0.1) is 0 Å². The number of phenolic OH excluding ortho intramolecular Hbond substituents is 1. The first kappa shape index (κ1) is 18.7. The number of benzene rings is 1. The molecule has 1 unspecified atom stereocenters. The zero-order valence-electron chi connectivity index (χ0n) is 13.0. The summed E-state index contributed by atoms with van der Waals surface area (Å²) in [6.07, 6.45) is 0.617. The maximum Gasteiger partial charge on any atom is 0.359 e. The number of ether oxygens (including phenoxy) is 1. The van der Waals surface area contributed by atoms with Gasteiger partial charge in [0.1, 0.15) is 0 Å². The van der Waals surface area contributed by atoms with E-state index in [1.54, 1.807) is 19.1 Å². The lowest BCUT2D eigenvalue weighted by atomic mass is 10.1. The van der Waals surface area contributed by atoms with Crippen LogP contribution in [0.3, 0.4) is 0 Å². The summed E-state index contributed by atoms with van der Waals surface area (Å²) in [5.74, 6) is 0.151. The summed E-state index contributed by atoms with van der Waals surface area (Å²) < 4.78 is 10.3. The number of nitrogens with zero attached hydrogens (tertiary/aromatic N) is 1. The van der Waals surface area contributed by atoms with E-state index in [-0.39, 0.29) is 11.5 Å². The molecule has 0 amide bonds. The molecule has 0 spiro atoms. The molecule has 0 aliphatic rings. The maximum atomic E-state index is 11.7. The molecule has 1 aromatic carbocycles. The number of hydrogen-bond donors (Lipinski definition) is 1. The Bertz CT molecular complexity index is 742. The number of pyridine rings is 1. The average molecular weight is 388 g/mol. The van der Waals surface area contributed by atoms with Crippen LogP contribution in [-0.4, -0.2) is 27.9 Å². The van der Waals surface area contributed by atoms with E-state index in [1.807, 2.05) is 6.92 Å². The fraction of sp³-hybridized carbons (Fsp3) is 0.250. The molecule has 2 aromatic rings. The SMILES string of the molecule is CCSOC(=O)C(C)Oc1ccc(-c2ncc(Cl)cc2Cl)cc1O. The lowest BCUT2D eigenvalue weighted by Crippen LogP contribution is -2.24. The van der Waals surface area contributed by atoms with Crippen molar-refractivity contribution < 1.29 is 18.8 Å². The summed E-state index contributed by atoms with van der Waals surface area (Å²) >= 11 is 13.0. The van der Waals surface area contributed by atoms with E-state index < -0.39 is 12.1 Å². The van der Waals surface area contributed by atoms with Crippen molar-refractivity contribution in [2.75, 3.05) is 5.75 Å². The molecule has 0 aliphatic carbocycles. The van der Waals surface area contributed by atoms with Crippen LogP contribution in [0.25, 0.3) is 11.3 Å². The highest BCUT2D eigenvalue weighted by Gasteiger charge is 2.19. The highest BCUT2D eigenvalue weighted by Crippen LogP contribution is 2.34. The van der Waals surface area contributed by atoms with Gasteiger partial charge in [0.25, 0.3) is 0 Å². The van der Waals surface area contributed by atoms with Gasteiger partial charge in [-0.3, -0.25) is 4.98 Å². The third-order valence-electron chi connectivity index (χ3n) is 2.93.